The maximum absolute atomic E-state index is 11.1. The second-order valence-corrected chi connectivity index (χ2v) is 3.95. The number of rotatable bonds is 4. The van der Waals surface area contributed by atoms with Gasteiger partial charge in [-0.05, 0) is 24.1 Å². The van der Waals surface area contributed by atoms with Gasteiger partial charge in [-0.3, -0.25) is 13.9 Å². The number of aliphatic carboxylic acids is 1. The molecule has 0 aromatic heterocycles. The molecule has 0 aliphatic carbocycles. The van der Waals surface area contributed by atoms with Gasteiger partial charge in [-0.1, -0.05) is 18.2 Å². The minimum Gasteiger partial charge on any atom is -0.480 e. The van der Waals surface area contributed by atoms with Crippen LogP contribution in [0.5, 0.6) is 0 Å². The van der Waals surface area contributed by atoms with Crippen LogP contribution >= 0.6 is 11.9 Å². The molecule has 1 N–H and O–H groups in total. The Morgan fingerprint density at radius 1 is 1.33 bits per heavy atom. The number of carboxylic acid groups (broad SMARTS) is 1. The van der Waals surface area contributed by atoms with E-state index < -0.39 is 5.97 Å². The lowest BCUT2D eigenvalue weighted by atomic mass is 10.4. The third-order valence-electron chi connectivity index (χ3n) is 1.59. The van der Waals surface area contributed by atoms with Gasteiger partial charge in [0.2, 0.25) is 5.91 Å². The Balaban J connectivity index is 2.67. The summed E-state index contributed by atoms with van der Waals surface area (Å²) in [7, 11) is 0. The maximum atomic E-state index is 11.1. The SMILES string of the molecule is CC(=O)N(CC(=O)O)Sc1ccccc1. The number of carboxylic acids is 1. The van der Waals surface area contributed by atoms with Crippen molar-refractivity contribution >= 4 is 23.8 Å². The Morgan fingerprint density at radius 2 is 1.93 bits per heavy atom. The third kappa shape index (κ3) is 4.03. The first-order chi connectivity index (χ1) is 7.09. The van der Waals surface area contributed by atoms with Crippen LogP contribution in [0.4, 0.5) is 0 Å². The van der Waals surface area contributed by atoms with E-state index in [1.807, 2.05) is 30.3 Å². The van der Waals surface area contributed by atoms with Crippen molar-refractivity contribution in [3.05, 3.63) is 30.3 Å². The smallest absolute Gasteiger partial charge is 0.324 e. The minimum atomic E-state index is -1.02. The van der Waals surface area contributed by atoms with Gasteiger partial charge in [0.1, 0.15) is 6.54 Å². The van der Waals surface area contributed by atoms with Gasteiger partial charge in [-0.25, -0.2) is 0 Å². The van der Waals surface area contributed by atoms with Gasteiger partial charge in [-0.2, -0.15) is 0 Å². The fourth-order valence-corrected chi connectivity index (χ4v) is 1.78. The van der Waals surface area contributed by atoms with Crippen molar-refractivity contribution in [2.75, 3.05) is 6.54 Å². The molecule has 1 aromatic rings. The Kier molecular flexibility index (Phi) is 4.17. The molecule has 0 aliphatic rings. The minimum absolute atomic E-state index is 0.272. The monoisotopic (exact) mass is 225 g/mol. The molecular weight excluding hydrogens is 214 g/mol. The maximum Gasteiger partial charge on any atom is 0.324 e. The Labute approximate surface area is 92.0 Å². The summed E-state index contributed by atoms with van der Waals surface area (Å²) in [6.07, 6.45) is 0. The number of carbonyl (C=O) groups excluding carboxylic acids is 1. The Hall–Kier alpha value is -1.49. The zero-order chi connectivity index (χ0) is 11.3. The first-order valence-electron chi connectivity index (χ1n) is 4.32. The van der Waals surface area contributed by atoms with Crippen LogP contribution < -0.4 is 0 Å². The van der Waals surface area contributed by atoms with Crippen LogP contribution in [0.2, 0.25) is 0 Å². The summed E-state index contributed by atoms with van der Waals surface area (Å²) in [5.74, 6) is -1.29. The molecule has 0 saturated carbocycles. The number of benzene rings is 1. The summed E-state index contributed by atoms with van der Waals surface area (Å²) in [6, 6.07) is 9.17. The average molecular weight is 225 g/mol. The van der Waals surface area contributed by atoms with Gasteiger partial charge in [-0.15, -0.1) is 0 Å². The highest BCUT2D eigenvalue weighted by Crippen LogP contribution is 2.21. The van der Waals surface area contributed by atoms with E-state index in [1.54, 1.807) is 0 Å². The molecule has 4 nitrogen and oxygen atoms in total. The van der Waals surface area contributed by atoms with E-state index in [0.717, 1.165) is 16.8 Å². The van der Waals surface area contributed by atoms with Crippen molar-refractivity contribution in [1.82, 2.24) is 4.31 Å². The van der Waals surface area contributed by atoms with Crippen LogP contribution in [-0.4, -0.2) is 27.8 Å². The lowest BCUT2D eigenvalue weighted by Gasteiger charge is -2.16. The molecule has 1 rings (SSSR count). The molecular formula is C10H11NO3S. The molecule has 1 aromatic carbocycles. The molecule has 0 bridgehead atoms. The summed E-state index contributed by atoms with van der Waals surface area (Å²) >= 11 is 1.13. The van der Waals surface area contributed by atoms with Crippen LogP contribution in [0.1, 0.15) is 6.92 Å². The molecule has 1 amide bonds. The lowest BCUT2D eigenvalue weighted by Crippen LogP contribution is -2.27. The fourth-order valence-electron chi connectivity index (χ4n) is 0.939. The highest BCUT2D eigenvalue weighted by molar-refractivity contribution is 7.97. The van der Waals surface area contributed by atoms with Gasteiger partial charge in [0, 0.05) is 11.8 Å². The highest BCUT2D eigenvalue weighted by atomic mass is 32.2. The number of amides is 1. The molecule has 0 aliphatic heterocycles. The summed E-state index contributed by atoms with van der Waals surface area (Å²) in [6.45, 7) is 1.05. The van der Waals surface area contributed by atoms with Gasteiger partial charge < -0.3 is 5.11 Å². The highest BCUT2D eigenvalue weighted by Gasteiger charge is 2.13. The van der Waals surface area contributed by atoms with E-state index >= 15 is 0 Å². The second kappa shape index (κ2) is 5.41. The summed E-state index contributed by atoms with van der Waals surface area (Å²) in [5, 5.41) is 8.60. The van der Waals surface area contributed by atoms with Crippen molar-refractivity contribution in [3.8, 4) is 0 Å². The zero-order valence-electron chi connectivity index (χ0n) is 8.21. The summed E-state index contributed by atoms with van der Waals surface area (Å²) < 4.78 is 1.21. The normalized spacial score (nSPS) is 9.67. The fraction of sp³-hybridized carbons (Fsp3) is 0.200. The van der Waals surface area contributed by atoms with Gasteiger partial charge in [0.25, 0.3) is 0 Å². The van der Waals surface area contributed by atoms with Crippen molar-refractivity contribution in [3.63, 3.8) is 0 Å². The van der Waals surface area contributed by atoms with Gasteiger partial charge >= 0.3 is 5.97 Å². The number of hydrogen-bond donors (Lipinski definition) is 1. The predicted octanol–water partition coefficient (Wildman–Crippen LogP) is 1.63. The first kappa shape index (κ1) is 11.6. The van der Waals surface area contributed by atoms with E-state index in [9.17, 15) is 9.59 Å². The lowest BCUT2D eigenvalue weighted by molar-refractivity contribution is -0.140. The van der Waals surface area contributed by atoms with E-state index in [0.29, 0.717) is 0 Å². The zero-order valence-corrected chi connectivity index (χ0v) is 9.03. The van der Waals surface area contributed by atoms with Gasteiger partial charge in [0.05, 0.1) is 0 Å². The van der Waals surface area contributed by atoms with Crippen molar-refractivity contribution in [2.24, 2.45) is 0 Å². The van der Waals surface area contributed by atoms with Crippen LogP contribution in [0.3, 0.4) is 0 Å². The number of carbonyl (C=O) groups is 2. The van der Waals surface area contributed by atoms with Crippen molar-refractivity contribution in [2.45, 2.75) is 11.8 Å². The Morgan fingerprint density at radius 3 is 2.40 bits per heavy atom. The third-order valence-corrected chi connectivity index (χ3v) is 2.68. The average Bonchev–Trinajstić information content (AvgIpc) is 2.17. The van der Waals surface area contributed by atoms with Crippen molar-refractivity contribution < 1.29 is 14.7 Å². The van der Waals surface area contributed by atoms with Crippen LogP contribution in [0.25, 0.3) is 0 Å². The molecule has 5 heteroatoms. The first-order valence-corrected chi connectivity index (χ1v) is 5.10. The molecule has 15 heavy (non-hydrogen) atoms. The van der Waals surface area contributed by atoms with Crippen molar-refractivity contribution in [1.29, 1.82) is 0 Å². The molecule has 0 unspecified atom stereocenters. The summed E-state index contributed by atoms with van der Waals surface area (Å²) in [5.41, 5.74) is 0. The topological polar surface area (TPSA) is 57.6 Å². The van der Waals surface area contributed by atoms with E-state index in [2.05, 4.69) is 0 Å². The summed E-state index contributed by atoms with van der Waals surface area (Å²) in [4.78, 5) is 22.5. The molecule has 0 radical (unpaired) electrons. The molecule has 0 atom stereocenters. The van der Waals surface area contributed by atoms with E-state index in [1.165, 1.54) is 11.2 Å². The predicted molar refractivity (Wildman–Crippen MR) is 57.3 cm³/mol. The number of hydrogen-bond acceptors (Lipinski definition) is 3. The van der Waals surface area contributed by atoms with E-state index in [-0.39, 0.29) is 12.5 Å². The van der Waals surface area contributed by atoms with Crippen LogP contribution in [-0.2, 0) is 9.59 Å². The Bertz CT molecular complexity index is 353. The van der Waals surface area contributed by atoms with Crippen LogP contribution in [0.15, 0.2) is 35.2 Å². The molecule has 0 spiro atoms. The number of nitrogens with zero attached hydrogens (tertiary/aromatic N) is 1. The molecule has 0 saturated heterocycles. The standard InChI is InChI=1S/C10H11NO3S/c1-8(12)11(7-10(13)14)15-9-5-3-2-4-6-9/h2-6H,7H2,1H3,(H,13,14). The van der Waals surface area contributed by atoms with Crippen LogP contribution in [0, 0.1) is 0 Å². The largest absolute Gasteiger partial charge is 0.480 e. The van der Waals surface area contributed by atoms with E-state index in [4.69, 9.17) is 5.11 Å². The quantitative estimate of drug-likeness (QED) is 0.791. The molecule has 0 fully saturated rings. The second-order valence-electron chi connectivity index (χ2n) is 2.85. The molecule has 80 valence electrons. The van der Waals surface area contributed by atoms with Gasteiger partial charge in [0.15, 0.2) is 0 Å². The molecule has 0 heterocycles.